The van der Waals surface area contributed by atoms with Crippen LogP contribution in [0.5, 0.6) is 0 Å². The van der Waals surface area contributed by atoms with Crippen molar-refractivity contribution >= 4 is 21.8 Å². The Hall–Kier alpha value is -3.29. The van der Waals surface area contributed by atoms with Crippen molar-refractivity contribution in [3.8, 4) is 0 Å². The van der Waals surface area contributed by atoms with Crippen molar-refractivity contribution in [2.24, 2.45) is 0 Å². The number of Topliss-reactive ketones (excluding diaryl/α,β-unsaturated/α-hetero) is 1. The Morgan fingerprint density at radius 1 is 0.946 bits per heavy atom. The second-order valence-electron chi connectivity index (χ2n) is 9.78. The summed E-state index contributed by atoms with van der Waals surface area (Å²) >= 11 is 0. The predicted molar refractivity (Wildman–Crippen MR) is 143 cm³/mol. The fraction of sp³-hybridized carbons (Fsp3) is 0.333. The van der Waals surface area contributed by atoms with Gasteiger partial charge in [-0.15, -0.1) is 0 Å². The fourth-order valence-corrected chi connectivity index (χ4v) is 7.32. The summed E-state index contributed by atoms with van der Waals surface area (Å²) in [5.74, 6) is -0.494. The molecule has 1 aliphatic rings. The van der Waals surface area contributed by atoms with Gasteiger partial charge in [0.1, 0.15) is 0 Å². The molecule has 0 radical (unpaired) electrons. The van der Waals surface area contributed by atoms with Crippen molar-refractivity contribution in [1.29, 1.82) is 0 Å². The van der Waals surface area contributed by atoms with Crippen LogP contribution in [0, 0.1) is 20.8 Å². The SMILES string of the molecule is COC(=O)c1cccc(CCCC(=O)C2Cc3ccccc3CN2S(=O)(=O)c2c(C)cc(C)cc2C)c1. The molecule has 0 spiro atoms. The number of sulfonamides is 1. The Kier molecular flexibility index (Phi) is 7.95. The zero-order chi connectivity index (χ0) is 26.7. The molecule has 1 aliphatic heterocycles. The van der Waals surface area contributed by atoms with E-state index in [-0.39, 0.29) is 23.6 Å². The van der Waals surface area contributed by atoms with Crippen molar-refractivity contribution in [3.63, 3.8) is 0 Å². The quantitative estimate of drug-likeness (QED) is 0.387. The Bertz CT molecular complexity index is 1420. The predicted octanol–water partition coefficient (Wildman–Crippen LogP) is 5.11. The van der Waals surface area contributed by atoms with Crippen molar-refractivity contribution in [1.82, 2.24) is 4.31 Å². The monoisotopic (exact) mass is 519 g/mol. The van der Waals surface area contributed by atoms with E-state index in [4.69, 9.17) is 4.74 Å². The highest BCUT2D eigenvalue weighted by atomic mass is 32.2. The molecule has 6 nitrogen and oxygen atoms in total. The Morgan fingerprint density at radius 2 is 1.62 bits per heavy atom. The van der Waals surface area contributed by atoms with Gasteiger partial charge in [0.15, 0.2) is 5.78 Å². The number of nitrogens with zero attached hydrogens (tertiary/aromatic N) is 1. The van der Waals surface area contributed by atoms with E-state index in [0.29, 0.717) is 36.0 Å². The van der Waals surface area contributed by atoms with Gasteiger partial charge in [-0.1, -0.05) is 54.1 Å². The Labute approximate surface area is 219 Å². The molecule has 3 aromatic carbocycles. The summed E-state index contributed by atoms with van der Waals surface area (Å²) in [6, 6.07) is 17.9. The van der Waals surface area contributed by atoms with Gasteiger partial charge in [0, 0.05) is 13.0 Å². The second-order valence-corrected chi connectivity index (χ2v) is 11.6. The van der Waals surface area contributed by atoms with E-state index in [1.165, 1.54) is 11.4 Å². The van der Waals surface area contributed by atoms with E-state index in [9.17, 15) is 18.0 Å². The standard InChI is InChI=1S/C30H33NO5S/c1-20-15-21(2)29(22(3)16-20)37(34,35)31-19-26-12-6-5-11-24(26)18-27(31)28(32)14-8-10-23-9-7-13-25(17-23)30(33)36-4/h5-7,9,11-13,15-17,27H,8,10,14,18-19H2,1-4H3. The number of rotatable bonds is 8. The largest absolute Gasteiger partial charge is 0.465 e. The number of aryl methyl sites for hydroxylation is 4. The van der Waals surface area contributed by atoms with Crippen molar-refractivity contribution in [2.45, 2.75) is 63.9 Å². The van der Waals surface area contributed by atoms with Crippen LogP contribution in [0.2, 0.25) is 0 Å². The van der Waals surface area contributed by atoms with Crippen LogP contribution in [0.15, 0.2) is 65.6 Å². The minimum absolute atomic E-state index is 0.0929. The number of ether oxygens (including phenoxy) is 1. The molecule has 0 aliphatic carbocycles. The molecular formula is C30H33NO5S. The van der Waals surface area contributed by atoms with Gasteiger partial charge in [-0.05, 0) is 80.0 Å². The zero-order valence-corrected chi connectivity index (χ0v) is 22.6. The smallest absolute Gasteiger partial charge is 0.337 e. The lowest BCUT2D eigenvalue weighted by atomic mass is 9.91. The van der Waals surface area contributed by atoms with Gasteiger partial charge in [-0.25, -0.2) is 13.2 Å². The van der Waals surface area contributed by atoms with Crippen LogP contribution in [-0.2, 0) is 38.9 Å². The first-order valence-corrected chi connectivity index (χ1v) is 13.9. The highest BCUT2D eigenvalue weighted by Gasteiger charge is 2.40. The lowest BCUT2D eigenvalue weighted by molar-refractivity contribution is -0.123. The van der Waals surface area contributed by atoms with E-state index in [1.54, 1.807) is 18.2 Å². The number of carbonyl (C=O) groups excluding carboxylic acids is 2. The van der Waals surface area contributed by atoms with Gasteiger partial charge >= 0.3 is 5.97 Å². The van der Waals surface area contributed by atoms with Crippen LogP contribution in [0.4, 0.5) is 0 Å². The Balaban J connectivity index is 1.59. The molecule has 0 aromatic heterocycles. The lowest BCUT2D eigenvalue weighted by Crippen LogP contribution is -2.48. The third-order valence-electron chi connectivity index (χ3n) is 6.99. The number of ketones is 1. The molecule has 37 heavy (non-hydrogen) atoms. The zero-order valence-electron chi connectivity index (χ0n) is 21.8. The lowest BCUT2D eigenvalue weighted by Gasteiger charge is -2.36. The highest BCUT2D eigenvalue weighted by molar-refractivity contribution is 7.89. The topological polar surface area (TPSA) is 80.8 Å². The molecule has 0 bridgehead atoms. The molecule has 1 heterocycles. The normalized spacial score (nSPS) is 15.7. The summed E-state index contributed by atoms with van der Waals surface area (Å²) in [5, 5.41) is 0. The fourth-order valence-electron chi connectivity index (χ4n) is 5.32. The number of methoxy groups -OCH3 is 1. The molecule has 0 saturated carbocycles. The molecular weight excluding hydrogens is 486 g/mol. The Morgan fingerprint density at radius 3 is 2.30 bits per heavy atom. The molecule has 7 heteroatoms. The van der Waals surface area contributed by atoms with Crippen molar-refractivity contribution in [2.75, 3.05) is 7.11 Å². The molecule has 1 atom stereocenters. The minimum atomic E-state index is -3.91. The minimum Gasteiger partial charge on any atom is -0.465 e. The van der Waals surface area contributed by atoms with Crippen molar-refractivity contribution in [3.05, 3.63) is 99.6 Å². The molecule has 0 saturated heterocycles. The van der Waals surface area contributed by atoms with E-state index in [0.717, 1.165) is 22.3 Å². The number of benzene rings is 3. The number of fused-ring (bicyclic) bond motifs is 1. The summed E-state index contributed by atoms with van der Waals surface area (Å²) in [6.07, 6.45) is 1.75. The first kappa shape index (κ1) is 26.8. The van der Waals surface area contributed by atoms with Gasteiger partial charge in [-0.2, -0.15) is 4.31 Å². The molecule has 1 unspecified atom stereocenters. The average Bonchev–Trinajstić information content (AvgIpc) is 2.86. The van der Waals surface area contributed by atoms with E-state index >= 15 is 0 Å². The van der Waals surface area contributed by atoms with Gasteiger partial charge < -0.3 is 4.74 Å². The molecule has 0 N–H and O–H groups in total. The number of esters is 1. The van der Waals surface area contributed by atoms with Crippen LogP contribution < -0.4 is 0 Å². The van der Waals surface area contributed by atoms with Gasteiger partial charge in [0.05, 0.1) is 23.6 Å². The summed E-state index contributed by atoms with van der Waals surface area (Å²) in [4.78, 5) is 25.7. The van der Waals surface area contributed by atoms with Gasteiger partial charge in [0.25, 0.3) is 0 Å². The first-order chi connectivity index (χ1) is 17.6. The van der Waals surface area contributed by atoms with E-state index in [1.807, 2.05) is 63.2 Å². The summed E-state index contributed by atoms with van der Waals surface area (Å²) in [7, 11) is -2.57. The molecule has 0 fully saturated rings. The maximum Gasteiger partial charge on any atom is 0.337 e. The van der Waals surface area contributed by atoms with Gasteiger partial charge in [0.2, 0.25) is 10.0 Å². The third kappa shape index (κ3) is 5.68. The summed E-state index contributed by atoms with van der Waals surface area (Å²) in [6.45, 7) is 5.73. The average molecular weight is 520 g/mol. The molecule has 194 valence electrons. The number of carbonyl (C=O) groups is 2. The molecule has 4 rings (SSSR count). The van der Waals surface area contributed by atoms with Gasteiger partial charge in [-0.3, -0.25) is 4.79 Å². The van der Waals surface area contributed by atoms with Crippen LogP contribution in [0.25, 0.3) is 0 Å². The number of hydrogen-bond donors (Lipinski definition) is 0. The number of hydrogen-bond acceptors (Lipinski definition) is 5. The maximum absolute atomic E-state index is 14.0. The molecule has 3 aromatic rings. The van der Waals surface area contributed by atoms with E-state index in [2.05, 4.69) is 0 Å². The summed E-state index contributed by atoms with van der Waals surface area (Å²) < 4.78 is 34.2. The van der Waals surface area contributed by atoms with Crippen LogP contribution in [-0.4, -0.2) is 37.6 Å². The summed E-state index contributed by atoms with van der Waals surface area (Å²) in [5.41, 5.74) is 5.71. The van der Waals surface area contributed by atoms with Crippen LogP contribution in [0.1, 0.15) is 56.6 Å². The van der Waals surface area contributed by atoms with E-state index < -0.39 is 22.0 Å². The second kappa shape index (κ2) is 11.0. The van der Waals surface area contributed by atoms with Crippen LogP contribution >= 0.6 is 0 Å². The third-order valence-corrected chi connectivity index (χ3v) is 9.15. The maximum atomic E-state index is 14.0. The van der Waals surface area contributed by atoms with Crippen molar-refractivity contribution < 1.29 is 22.7 Å². The molecule has 0 amide bonds. The highest BCUT2D eigenvalue weighted by Crippen LogP contribution is 2.33. The first-order valence-electron chi connectivity index (χ1n) is 12.5. The van der Waals surface area contributed by atoms with Crippen LogP contribution in [0.3, 0.4) is 0 Å².